The highest BCUT2D eigenvalue weighted by Crippen LogP contribution is 2.63. The lowest BCUT2D eigenvalue weighted by atomic mass is 9.49. The van der Waals surface area contributed by atoms with Gasteiger partial charge in [-0.3, -0.25) is 14.6 Å². The van der Waals surface area contributed by atoms with Crippen molar-refractivity contribution in [3.8, 4) is 0 Å². The monoisotopic (exact) mass is 372 g/mol. The third-order valence-electron chi connectivity index (χ3n) is 8.51. The Morgan fingerprint density at radius 1 is 1.11 bits per heavy atom. The summed E-state index contributed by atoms with van der Waals surface area (Å²) < 4.78 is 0. The second-order valence-electron chi connectivity index (χ2n) is 11.2. The molecule has 1 aliphatic heterocycles. The van der Waals surface area contributed by atoms with Crippen molar-refractivity contribution in [3.05, 3.63) is 0 Å². The molecule has 0 aromatic rings. The molecule has 0 aromatic carbocycles. The van der Waals surface area contributed by atoms with E-state index in [-0.39, 0.29) is 28.2 Å². The van der Waals surface area contributed by atoms with E-state index in [1.165, 1.54) is 12.1 Å². The van der Waals surface area contributed by atoms with Crippen molar-refractivity contribution in [2.75, 3.05) is 6.54 Å². The standard InChI is InChI=1S/C23H36N2O2/c1-21(2,3)25-20(27)18-7-6-16-15-13-24-19-12-14(26)8-10-23(19,5)17(15)9-11-22(16,18)4/h15-18H,6-13H2,1-5H3,(H,25,27)/t15?,16?,17?,18-,22+,23-/m1/s1. The predicted molar refractivity (Wildman–Crippen MR) is 108 cm³/mol. The quantitative estimate of drug-likeness (QED) is 0.751. The summed E-state index contributed by atoms with van der Waals surface area (Å²) in [5.74, 6) is 2.56. The molecule has 4 aliphatic rings. The SMILES string of the molecule is CC(C)(C)NC(=O)[C@H]1CCC2C3CN=C4CC(=O)CC[C@]4(C)C3CC[C@@]21C. The Kier molecular flexibility index (Phi) is 4.36. The van der Waals surface area contributed by atoms with Gasteiger partial charge < -0.3 is 5.32 Å². The Morgan fingerprint density at radius 3 is 2.56 bits per heavy atom. The molecule has 6 atom stereocenters. The van der Waals surface area contributed by atoms with Gasteiger partial charge in [0, 0.05) is 42.0 Å². The van der Waals surface area contributed by atoms with Crippen LogP contribution in [0.5, 0.6) is 0 Å². The van der Waals surface area contributed by atoms with Crippen LogP contribution in [-0.2, 0) is 9.59 Å². The van der Waals surface area contributed by atoms with Crippen LogP contribution in [0, 0.1) is 34.5 Å². The van der Waals surface area contributed by atoms with Crippen molar-refractivity contribution in [1.82, 2.24) is 5.32 Å². The summed E-state index contributed by atoms with van der Waals surface area (Å²) in [7, 11) is 0. The summed E-state index contributed by atoms with van der Waals surface area (Å²) in [6.07, 6.45) is 6.76. The highest BCUT2D eigenvalue weighted by molar-refractivity contribution is 6.07. The first kappa shape index (κ1) is 19.1. The van der Waals surface area contributed by atoms with E-state index in [0.717, 1.165) is 38.6 Å². The molecule has 0 saturated heterocycles. The zero-order chi connectivity index (χ0) is 19.6. The van der Waals surface area contributed by atoms with Gasteiger partial charge in [-0.15, -0.1) is 0 Å². The first-order valence-corrected chi connectivity index (χ1v) is 10.9. The van der Waals surface area contributed by atoms with Crippen LogP contribution < -0.4 is 5.32 Å². The van der Waals surface area contributed by atoms with Gasteiger partial charge in [0.15, 0.2) is 0 Å². The molecule has 0 spiro atoms. The summed E-state index contributed by atoms with van der Waals surface area (Å²) >= 11 is 0. The van der Waals surface area contributed by atoms with Crippen molar-refractivity contribution in [2.24, 2.45) is 39.5 Å². The van der Waals surface area contributed by atoms with Crippen LogP contribution in [0.25, 0.3) is 0 Å². The topological polar surface area (TPSA) is 58.5 Å². The van der Waals surface area contributed by atoms with E-state index in [1.807, 2.05) is 0 Å². The van der Waals surface area contributed by atoms with Crippen LogP contribution in [0.1, 0.15) is 79.6 Å². The molecule has 0 radical (unpaired) electrons. The number of hydrogen-bond acceptors (Lipinski definition) is 3. The second kappa shape index (κ2) is 6.15. The van der Waals surface area contributed by atoms with Gasteiger partial charge in [0.05, 0.1) is 0 Å². The highest BCUT2D eigenvalue weighted by Gasteiger charge is 2.60. The van der Waals surface area contributed by atoms with Crippen molar-refractivity contribution < 1.29 is 9.59 Å². The molecule has 1 amide bonds. The van der Waals surface area contributed by atoms with E-state index in [4.69, 9.17) is 4.99 Å². The molecule has 0 bridgehead atoms. The average molecular weight is 373 g/mol. The molecule has 4 heteroatoms. The zero-order valence-electron chi connectivity index (χ0n) is 17.7. The van der Waals surface area contributed by atoms with Gasteiger partial charge in [0.1, 0.15) is 5.78 Å². The molecule has 3 fully saturated rings. The molecule has 1 N–H and O–H groups in total. The Hall–Kier alpha value is -1.19. The van der Waals surface area contributed by atoms with Crippen molar-refractivity contribution in [2.45, 2.75) is 85.1 Å². The Balaban J connectivity index is 1.59. The number of Topliss-reactive ketones (excluding diaryl/α,β-unsaturated/α-hetero) is 1. The van der Waals surface area contributed by atoms with Crippen LogP contribution in [-0.4, -0.2) is 29.5 Å². The Bertz CT molecular complexity index is 691. The van der Waals surface area contributed by atoms with Crippen LogP contribution in [0.3, 0.4) is 0 Å². The minimum Gasteiger partial charge on any atom is -0.351 e. The van der Waals surface area contributed by atoms with E-state index in [0.29, 0.717) is 30.0 Å². The molecule has 0 aromatic heterocycles. The normalized spacial score (nSPS) is 44.0. The lowest BCUT2D eigenvalue weighted by molar-refractivity contribution is -0.133. The third-order valence-corrected chi connectivity index (χ3v) is 8.51. The number of carbonyl (C=O) groups excluding carboxylic acids is 2. The van der Waals surface area contributed by atoms with Gasteiger partial charge >= 0.3 is 0 Å². The number of amides is 1. The lowest BCUT2D eigenvalue weighted by Crippen LogP contribution is -2.55. The molecule has 3 aliphatic carbocycles. The summed E-state index contributed by atoms with van der Waals surface area (Å²) in [5.41, 5.74) is 1.23. The summed E-state index contributed by atoms with van der Waals surface area (Å²) in [6.45, 7) is 11.8. The maximum atomic E-state index is 13.0. The summed E-state index contributed by atoms with van der Waals surface area (Å²) in [6, 6.07) is 0. The summed E-state index contributed by atoms with van der Waals surface area (Å²) in [4.78, 5) is 30.0. The summed E-state index contributed by atoms with van der Waals surface area (Å²) in [5, 5.41) is 3.24. The Labute approximate surface area is 164 Å². The van der Waals surface area contributed by atoms with Gasteiger partial charge in [-0.2, -0.15) is 0 Å². The molecular formula is C23H36N2O2. The van der Waals surface area contributed by atoms with Crippen LogP contribution >= 0.6 is 0 Å². The lowest BCUT2D eigenvalue weighted by Gasteiger charge is -2.56. The van der Waals surface area contributed by atoms with E-state index in [9.17, 15) is 9.59 Å². The minimum absolute atomic E-state index is 0.102. The van der Waals surface area contributed by atoms with Gasteiger partial charge in [0.2, 0.25) is 5.91 Å². The first-order valence-electron chi connectivity index (χ1n) is 10.9. The largest absolute Gasteiger partial charge is 0.351 e. The third kappa shape index (κ3) is 2.98. The number of carbonyl (C=O) groups is 2. The van der Waals surface area contributed by atoms with Gasteiger partial charge in [0.25, 0.3) is 0 Å². The Morgan fingerprint density at radius 2 is 1.85 bits per heavy atom. The number of fused-ring (bicyclic) bond motifs is 5. The smallest absolute Gasteiger partial charge is 0.224 e. The second-order valence-corrected chi connectivity index (χ2v) is 11.2. The fraction of sp³-hybridized carbons (Fsp3) is 0.870. The average Bonchev–Trinajstić information content (AvgIpc) is 2.91. The van der Waals surface area contributed by atoms with Gasteiger partial charge in [-0.05, 0) is 76.0 Å². The number of ketones is 1. The fourth-order valence-corrected chi connectivity index (χ4v) is 7.09. The number of nitrogens with one attached hydrogen (secondary N) is 1. The van der Waals surface area contributed by atoms with E-state index < -0.39 is 0 Å². The maximum Gasteiger partial charge on any atom is 0.224 e. The van der Waals surface area contributed by atoms with Crippen LogP contribution in [0.15, 0.2) is 4.99 Å². The predicted octanol–water partition coefficient (Wildman–Crippen LogP) is 4.17. The van der Waals surface area contributed by atoms with E-state index >= 15 is 0 Å². The van der Waals surface area contributed by atoms with E-state index in [1.54, 1.807) is 0 Å². The minimum atomic E-state index is -0.172. The van der Waals surface area contributed by atoms with Crippen LogP contribution in [0.4, 0.5) is 0 Å². The molecule has 3 saturated carbocycles. The number of rotatable bonds is 1. The maximum absolute atomic E-state index is 13.0. The molecule has 1 heterocycles. The molecule has 150 valence electrons. The van der Waals surface area contributed by atoms with E-state index in [2.05, 4.69) is 39.9 Å². The molecule has 27 heavy (non-hydrogen) atoms. The fourth-order valence-electron chi connectivity index (χ4n) is 7.09. The highest BCUT2D eigenvalue weighted by atomic mass is 16.2. The van der Waals surface area contributed by atoms with Crippen LogP contribution in [0.2, 0.25) is 0 Å². The van der Waals surface area contributed by atoms with Crippen molar-refractivity contribution in [3.63, 3.8) is 0 Å². The van der Waals surface area contributed by atoms with Gasteiger partial charge in [-0.1, -0.05) is 13.8 Å². The number of hydrogen-bond donors (Lipinski definition) is 1. The number of nitrogens with zero attached hydrogens (tertiary/aromatic N) is 1. The molecule has 3 unspecified atom stereocenters. The van der Waals surface area contributed by atoms with Gasteiger partial charge in [-0.25, -0.2) is 0 Å². The first-order chi connectivity index (χ1) is 12.5. The molecule has 4 nitrogen and oxygen atoms in total. The van der Waals surface area contributed by atoms with Crippen molar-refractivity contribution >= 4 is 17.4 Å². The zero-order valence-corrected chi connectivity index (χ0v) is 17.7. The molecule has 4 rings (SSSR count). The van der Waals surface area contributed by atoms with Crippen molar-refractivity contribution in [1.29, 1.82) is 0 Å². The number of aliphatic imine (C=N–C) groups is 1. The molecular weight excluding hydrogens is 336 g/mol.